The highest BCUT2D eigenvalue weighted by Crippen LogP contribution is 2.31. The molecule has 0 bridgehead atoms. The molecule has 7 heteroatoms. The molecule has 0 unspecified atom stereocenters. The Bertz CT molecular complexity index is 1040. The summed E-state index contributed by atoms with van der Waals surface area (Å²) >= 11 is 5.94. The predicted octanol–water partition coefficient (Wildman–Crippen LogP) is 3.82. The van der Waals surface area contributed by atoms with Crippen molar-refractivity contribution in [2.45, 2.75) is 18.9 Å². The highest BCUT2D eigenvalue weighted by atomic mass is 35.5. The molecular formula is C22H22ClN5O. The van der Waals surface area contributed by atoms with Crippen LogP contribution in [-0.2, 0) is 0 Å². The van der Waals surface area contributed by atoms with Crippen molar-refractivity contribution in [2.24, 2.45) is 0 Å². The van der Waals surface area contributed by atoms with Gasteiger partial charge in [0.25, 0.3) is 5.91 Å². The summed E-state index contributed by atoms with van der Waals surface area (Å²) in [5.74, 6) is 1.78. The molecule has 148 valence electrons. The molecule has 1 aliphatic heterocycles. The fourth-order valence-electron chi connectivity index (χ4n) is 3.63. The molecule has 5 rings (SSSR count). The van der Waals surface area contributed by atoms with Crippen LogP contribution in [0.4, 0.5) is 11.6 Å². The van der Waals surface area contributed by atoms with Crippen LogP contribution in [0.2, 0.25) is 5.02 Å². The molecular weight excluding hydrogens is 386 g/mol. The smallest absolute Gasteiger partial charge is 0.253 e. The Balaban J connectivity index is 1.35. The van der Waals surface area contributed by atoms with E-state index in [1.165, 1.54) is 12.8 Å². The number of hydrogen-bond acceptors (Lipinski definition) is 5. The molecule has 1 saturated carbocycles. The summed E-state index contributed by atoms with van der Waals surface area (Å²) in [4.78, 5) is 26.6. The highest BCUT2D eigenvalue weighted by molar-refractivity contribution is 6.30. The van der Waals surface area contributed by atoms with Crippen LogP contribution in [0, 0.1) is 0 Å². The Hall–Kier alpha value is -2.86. The van der Waals surface area contributed by atoms with E-state index in [2.05, 4.69) is 10.2 Å². The quantitative estimate of drug-likeness (QED) is 0.712. The summed E-state index contributed by atoms with van der Waals surface area (Å²) in [6.45, 7) is 2.76. The third-order valence-electron chi connectivity index (χ3n) is 5.43. The normalized spacial score (nSPS) is 16.9. The van der Waals surface area contributed by atoms with Gasteiger partial charge in [0.1, 0.15) is 0 Å². The number of nitrogens with zero attached hydrogens (tertiary/aromatic N) is 4. The van der Waals surface area contributed by atoms with Crippen molar-refractivity contribution in [1.29, 1.82) is 0 Å². The number of halogens is 1. The lowest BCUT2D eigenvalue weighted by molar-refractivity contribution is 0.0746. The van der Waals surface area contributed by atoms with Gasteiger partial charge in [-0.25, -0.2) is 9.97 Å². The van der Waals surface area contributed by atoms with Crippen LogP contribution in [0.3, 0.4) is 0 Å². The number of piperazine rings is 1. The molecule has 29 heavy (non-hydrogen) atoms. The van der Waals surface area contributed by atoms with E-state index in [0.29, 0.717) is 29.7 Å². The maximum atomic E-state index is 12.8. The van der Waals surface area contributed by atoms with Gasteiger partial charge in [0, 0.05) is 42.8 Å². The Labute approximate surface area is 174 Å². The van der Waals surface area contributed by atoms with E-state index in [9.17, 15) is 4.79 Å². The van der Waals surface area contributed by atoms with Crippen molar-refractivity contribution in [3.63, 3.8) is 0 Å². The molecule has 3 aromatic rings. The number of benzene rings is 2. The largest absolute Gasteiger partial charge is 0.364 e. The monoisotopic (exact) mass is 407 g/mol. The van der Waals surface area contributed by atoms with Crippen LogP contribution in [0.15, 0.2) is 48.5 Å². The lowest BCUT2D eigenvalue weighted by atomic mass is 10.2. The second-order valence-electron chi connectivity index (χ2n) is 7.59. The molecule has 2 aliphatic rings. The van der Waals surface area contributed by atoms with Crippen LogP contribution in [0.25, 0.3) is 11.0 Å². The van der Waals surface area contributed by atoms with Crippen molar-refractivity contribution in [1.82, 2.24) is 14.9 Å². The fourth-order valence-corrected chi connectivity index (χ4v) is 3.75. The van der Waals surface area contributed by atoms with Crippen molar-refractivity contribution < 1.29 is 4.79 Å². The van der Waals surface area contributed by atoms with Gasteiger partial charge in [-0.1, -0.05) is 23.7 Å². The van der Waals surface area contributed by atoms with Crippen molar-refractivity contribution in [2.75, 3.05) is 36.4 Å². The molecule has 2 heterocycles. The average Bonchev–Trinajstić information content (AvgIpc) is 3.57. The van der Waals surface area contributed by atoms with E-state index >= 15 is 0 Å². The Morgan fingerprint density at radius 1 is 0.931 bits per heavy atom. The number of rotatable bonds is 4. The second kappa shape index (κ2) is 7.52. The third kappa shape index (κ3) is 3.85. The lowest BCUT2D eigenvalue weighted by Gasteiger charge is -2.36. The van der Waals surface area contributed by atoms with E-state index in [-0.39, 0.29) is 5.91 Å². The molecule has 1 N–H and O–H groups in total. The third-order valence-corrected chi connectivity index (χ3v) is 5.68. The van der Waals surface area contributed by atoms with E-state index in [1.807, 2.05) is 29.2 Å². The van der Waals surface area contributed by atoms with E-state index in [0.717, 1.165) is 35.8 Å². The Kier molecular flexibility index (Phi) is 4.72. The number of aromatic nitrogens is 2. The first-order valence-electron chi connectivity index (χ1n) is 10.0. The SMILES string of the molecule is O=C(c1ccc(Cl)cc1)N1CCN(c2nc3ccccc3nc2NC2CC2)CC1. The number of para-hydroxylation sites is 2. The molecule has 6 nitrogen and oxygen atoms in total. The average molecular weight is 408 g/mol. The van der Waals surface area contributed by atoms with Crippen molar-refractivity contribution >= 4 is 40.2 Å². The molecule has 0 atom stereocenters. The molecule has 1 saturated heterocycles. The van der Waals surface area contributed by atoms with Gasteiger partial charge in [0.15, 0.2) is 11.6 Å². The predicted molar refractivity (Wildman–Crippen MR) is 116 cm³/mol. The number of amides is 1. The first-order valence-corrected chi connectivity index (χ1v) is 10.4. The van der Waals surface area contributed by atoms with Gasteiger partial charge in [-0.3, -0.25) is 4.79 Å². The van der Waals surface area contributed by atoms with Crippen molar-refractivity contribution in [3.05, 3.63) is 59.1 Å². The number of nitrogens with one attached hydrogen (secondary N) is 1. The van der Waals surface area contributed by atoms with E-state index in [4.69, 9.17) is 21.6 Å². The summed E-state index contributed by atoms with van der Waals surface area (Å²) in [5.41, 5.74) is 2.46. The van der Waals surface area contributed by atoms with Gasteiger partial charge in [0.05, 0.1) is 11.0 Å². The van der Waals surface area contributed by atoms with Gasteiger partial charge in [-0.05, 0) is 49.2 Å². The van der Waals surface area contributed by atoms with Crippen LogP contribution in [0.1, 0.15) is 23.2 Å². The molecule has 2 aromatic carbocycles. The summed E-state index contributed by atoms with van der Waals surface area (Å²) in [6.07, 6.45) is 2.36. The molecule has 1 aromatic heterocycles. The van der Waals surface area contributed by atoms with Gasteiger partial charge < -0.3 is 15.1 Å². The number of hydrogen-bond donors (Lipinski definition) is 1. The minimum absolute atomic E-state index is 0.0437. The number of fused-ring (bicyclic) bond motifs is 1. The van der Waals surface area contributed by atoms with Crippen LogP contribution in [-0.4, -0.2) is 53.0 Å². The first kappa shape index (κ1) is 18.2. The van der Waals surface area contributed by atoms with Gasteiger partial charge >= 0.3 is 0 Å². The Morgan fingerprint density at radius 2 is 1.59 bits per heavy atom. The maximum absolute atomic E-state index is 12.8. The molecule has 0 spiro atoms. The lowest BCUT2D eigenvalue weighted by Crippen LogP contribution is -2.49. The fraction of sp³-hybridized carbons (Fsp3) is 0.318. The zero-order valence-corrected chi connectivity index (χ0v) is 16.8. The Morgan fingerprint density at radius 3 is 2.24 bits per heavy atom. The number of anilines is 2. The summed E-state index contributed by atoms with van der Waals surface area (Å²) in [5, 5.41) is 4.17. The zero-order valence-electron chi connectivity index (χ0n) is 16.0. The van der Waals surface area contributed by atoms with Crippen molar-refractivity contribution in [3.8, 4) is 0 Å². The minimum atomic E-state index is 0.0437. The molecule has 1 aliphatic carbocycles. The van der Waals surface area contributed by atoms with Crippen LogP contribution >= 0.6 is 11.6 Å². The van der Waals surface area contributed by atoms with Crippen LogP contribution in [0.5, 0.6) is 0 Å². The van der Waals surface area contributed by atoms with Gasteiger partial charge in [-0.2, -0.15) is 0 Å². The number of carbonyl (C=O) groups excluding carboxylic acids is 1. The van der Waals surface area contributed by atoms with Gasteiger partial charge in [0.2, 0.25) is 0 Å². The molecule has 1 amide bonds. The zero-order chi connectivity index (χ0) is 19.8. The number of carbonyl (C=O) groups is 1. The van der Waals surface area contributed by atoms with E-state index < -0.39 is 0 Å². The summed E-state index contributed by atoms with van der Waals surface area (Å²) in [7, 11) is 0. The second-order valence-corrected chi connectivity index (χ2v) is 8.03. The molecule has 0 radical (unpaired) electrons. The summed E-state index contributed by atoms with van der Waals surface area (Å²) in [6, 6.07) is 15.5. The van der Waals surface area contributed by atoms with E-state index in [1.54, 1.807) is 24.3 Å². The van der Waals surface area contributed by atoms with Gasteiger partial charge in [-0.15, -0.1) is 0 Å². The van der Waals surface area contributed by atoms with Crippen LogP contribution < -0.4 is 10.2 Å². The highest BCUT2D eigenvalue weighted by Gasteiger charge is 2.28. The first-order chi connectivity index (χ1) is 14.2. The molecule has 2 fully saturated rings. The maximum Gasteiger partial charge on any atom is 0.253 e. The topological polar surface area (TPSA) is 61.4 Å². The standard InChI is InChI=1S/C22H22ClN5O/c23-16-7-5-15(6-8-16)22(29)28-13-11-27(12-14-28)21-20(24-17-9-10-17)25-18-3-1-2-4-19(18)26-21/h1-8,17H,9-14H2,(H,24,25). The minimum Gasteiger partial charge on any atom is -0.364 e. The summed E-state index contributed by atoms with van der Waals surface area (Å²) < 4.78 is 0.